The average molecular weight is 608 g/mol. The third kappa shape index (κ3) is 6.86. The van der Waals surface area contributed by atoms with E-state index in [1.165, 1.54) is 10.8 Å². The molecule has 0 saturated carbocycles. The normalized spacial score (nSPS) is 13.4. The molecular weight excluding hydrogens is 570 g/mol. The van der Waals surface area contributed by atoms with Gasteiger partial charge < -0.3 is 19.5 Å². The number of ether oxygens (including phenoxy) is 3. The Kier molecular flexibility index (Phi) is 8.44. The second-order valence-electron chi connectivity index (χ2n) is 13.1. The summed E-state index contributed by atoms with van der Waals surface area (Å²) in [7, 11) is 0. The van der Waals surface area contributed by atoms with E-state index in [1.807, 2.05) is 36.4 Å². The number of alkyl carbamates (subject to hydrolysis) is 1. The summed E-state index contributed by atoms with van der Waals surface area (Å²) in [6.07, 6.45) is 0.0525. The lowest BCUT2D eigenvalue weighted by atomic mass is 9.98. The fraction of sp³-hybridized carbons (Fsp3) is 0.333. The number of nitrogens with zero attached hydrogens (tertiary/aromatic N) is 2. The van der Waals surface area contributed by atoms with Crippen molar-refractivity contribution in [3.63, 3.8) is 0 Å². The predicted molar refractivity (Wildman–Crippen MR) is 170 cm³/mol. The number of hydrogen-bond donors (Lipinski definition) is 1. The molecule has 9 nitrogen and oxygen atoms in total. The third-order valence-corrected chi connectivity index (χ3v) is 7.37. The van der Waals surface area contributed by atoms with Crippen LogP contribution in [0.4, 0.5) is 9.59 Å². The summed E-state index contributed by atoms with van der Waals surface area (Å²) in [5, 5.41) is 13.1. The molecule has 0 fully saturated rings. The lowest BCUT2D eigenvalue weighted by molar-refractivity contribution is -0.157. The summed E-state index contributed by atoms with van der Waals surface area (Å²) in [5.41, 5.74) is 3.99. The Bertz CT molecular complexity index is 1770. The van der Waals surface area contributed by atoms with Crippen LogP contribution in [0.5, 0.6) is 0 Å². The van der Waals surface area contributed by atoms with Gasteiger partial charge in [0.2, 0.25) is 0 Å². The maximum atomic E-state index is 13.4. The fourth-order valence-electron chi connectivity index (χ4n) is 5.65. The summed E-state index contributed by atoms with van der Waals surface area (Å²) < 4.78 is 18.3. The predicted octanol–water partition coefficient (Wildman–Crippen LogP) is 7.09. The van der Waals surface area contributed by atoms with Gasteiger partial charge in [-0.2, -0.15) is 5.26 Å². The molecule has 0 saturated heterocycles. The summed E-state index contributed by atoms with van der Waals surface area (Å²) in [6, 6.07) is 22.0. The minimum absolute atomic E-state index is 0.0654. The van der Waals surface area contributed by atoms with Crippen molar-refractivity contribution in [1.29, 1.82) is 5.26 Å². The molecular formula is C36H37N3O6. The Hall–Kier alpha value is -5.10. The SMILES string of the molecule is CC(C)(C)OC(=O)[C@H](Cc1cn(C(=O)OC(C)(C)C)c2cccc(C#N)c12)NC(=O)OCC1c2ccccc2-c2ccccc21. The molecule has 9 heteroatoms. The molecule has 0 aliphatic heterocycles. The van der Waals surface area contributed by atoms with E-state index >= 15 is 0 Å². The highest BCUT2D eigenvalue weighted by atomic mass is 16.6. The molecule has 1 aromatic heterocycles. The van der Waals surface area contributed by atoms with Gasteiger partial charge >= 0.3 is 18.2 Å². The number of carbonyl (C=O) groups excluding carboxylic acids is 3. The van der Waals surface area contributed by atoms with Crippen molar-refractivity contribution in [3.05, 3.63) is 95.2 Å². The monoisotopic (exact) mass is 607 g/mol. The van der Waals surface area contributed by atoms with Crippen LogP contribution in [-0.4, -0.2) is 46.6 Å². The Labute approximate surface area is 262 Å². The second-order valence-corrected chi connectivity index (χ2v) is 13.1. The highest BCUT2D eigenvalue weighted by molar-refractivity contribution is 5.96. The van der Waals surface area contributed by atoms with Crippen molar-refractivity contribution < 1.29 is 28.6 Å². The van der Waals surface area contributed by atoms with E-state index in [4.69, 9.17) is 14.2 Å². The first-order chi connectivity index (χ1) is 21.3. The van der Waals surface area contributed by atoms with Crippen LogP contribution in [0, 0.1) is 11.3 Å². The summed E-state index contributed by atoms with van der Waals surface area (Å²) >= 11 is 0. The van der Waals surface area contributed by atoms with Crippen molar-refractivity contribution in [1.82, 2.24) is 9.88 Å². The molecule has 0 spiro atoms. The van der Waals surface area contributed by atoms with Gasteiger partial charge in [-0.25, -0.2) is 14.4 Å². The quantitative estimate of drug-likeness (QED) is 0.184. The molecule has 0 radical (unpaired) electrons. The van der Waals surface area contributed by atoms with Crippen molar-refractivity contribution >= 4 is 29.1 Å². The molecule has 1 N–H and O–H groups in total. The summed E-state index contributed by atoms with van der Waals surface area (Å²) in [4.78, 5) is 39.9. The molecule has 45 heavy (non-hydrogen) atoms. The van der Waals surface area contributed by atoms with Crippen molar-refractivity contribution in [2.24, 2.45) is 0 Å². The Morgan fingerprint density at radius 3 is 2.04 bits per heavy atom. The lowest BCUT2D eigenvalue weighted by Gasteiger charge is -2.24. The topological polar surface area (TPSA) is 120 Å². The Morgan fingerprint density at radius 2 is 1.47 bits per heavy atom. The van der Waals surface area contributed by atoms with Gasteiger partial charge in [0, 0.05) is 23.9 Å². The van der Waals surface area contributed by atoms with E-state index in [9.17, 15) is 19.6 Å². The minimum atomic E-state index is -1.18. The average Bonchev–Trinajstić information content (AvgIpc) is 3.50. The number of benzene rings is 3. The number of nitrogens with one attached hydrogen (secondary N) is 1. The van der Waals surface area contributed by atoms with E-state index in [0.29, 0.717) is 22.0 Å². The molecule has 1 heterocycles. The van der Waals surface area contributed by atoms with E-state index < -0.39 is 35.4 Å². The number of aromatic nitrogens is 1. The Morgan fingerprint density at radius 1 is 0.867 bits per heavy atom. The molecule has 1 atom stereocenters. The van der Waals surface area contributed by atoms with Crippen molar-refractivity contribution in [2.75, 3.05) is 6.61 Å². The van der Waals surface area contributed by atoms with Crippen molar-refractivity contribution in [2.45, 2.75) is 71.1 Å². The third-order valence-electron chi connectivity index (χ3n) is 7.37. The second kappa shape index (κ2) is 12.1. The van der Waals surface area contributed by atoms with Gasteiger partial charge in [-0.05, 0) is 81.5 Å². The smallest absolute Gasteiger partial charge is 0.419 e. The van der Waals surface area contributed by atoms with Crippen LogP contribution < -0.4 is 5.32 Å². The molecule has 232 valence electrons. The van der Waals surface area contributed by atoms with Gasteiger partial charge in [0.1, 0.15) is 23.9 Å². The van der Waals surface area contributed by atoms with E-state index in [1.54, 1.807) is 59.7 Å². The van der Waals surface area contributed by atoms with Crippen LogP contribution in [0.1, 0.15) is 69.7 Å². The first kappa shape index (κ1) is 31.3. The molecule has 1 aliphatic carbocycles. The molecule has 1 amide bonds. The maximum Gasteiger partial charge on any atom is 0.419 e. The number of esters is 1. The van der Waals surface area contributed by atoms with Crippen LogP contribution in [0.3, 0.4) is 0 Å². The number of hydrogen-bond acceptors (Lipinski definition) is 7. The lowest BCUT2D eigenvalue weighted by Crippen LogP contribution is -2.46. The van der Waals surface area contributed by atoms with Crippen LogP contribution in [-0.2, 0) is 25.4 Å². The summed E-state index contributed by atoms with van der Waals surface area (Å²) in [6.45, 7) is 10.5. The number of carbonyl (C=O) groups is 3. The zero-order chi connectivity index (χ0) is 32.5. The van der Waals surface area contributed by atoms with Gasteiger partial charge in [-0.1, -0.05) is 54.6 Å². The summed E-state index contributed by atoms with van der Waals surface area (Å²) in [5.74, 6) is -0.836. The standard InChI is InChI=1S/C36H37N3O6/c1-35(2,3)44-32(40)29(18-23-20-39(34(42)45-36(4,5)6)30-17-11-12-22(19-37)31(23)30)38-33(41)43-21-28-26-15-9-7-13-24(26)25-14-8-10-16-27(25)28/h7-17,20,28-29H,18,21H2,1-6H3,(H,38,41)/t29-/m0/s1. The Balaban J connectivity index is 1.42. The van der Waals surface area contributed by atoms with Crippen LogP contribution in [0.15, 0.2) is 72.9 Å². The molecule has 5 rings (SSSR count). The highest BCUT2D eigenvalue weighted by Gasteiger charge is 2.32. The first-order valence-corrected chi connectivity index (χ1v) is 14.9. The van der Waals surface area contributed by atoms with E-state index in [0.717, 1.165) is 22.3 Å². The fourth-order valence-corrected chi connectivity index (χ4v) is 5.65. The number of nitriles is 1. The molecule has 0 unspecified atom stereocenters. The van der Waals surface area contributed by atoms with Crippen LogP contribution in [0.25, 0.3) is 22.0 Å². The number of amides is 1. The maximum absolute atomic E-state index is 13.4. The largest absolute Gasteiger partial charge is 0.458 e. The first-order valence-electron chi connectivity index (χ1n) is 14.9. The molecule has 1 aliphatic rings. The number of fused-ring (bicyclic) bond motifs is 4. The number of rotatable bonds is 6. The zero-order valence-corrected chi connectivity index (χ0v) is 26.3. The molecule has 4 aromatic rings. The van der Waals surface area contributed by atoms with E-state index in [-0.39, 0.29) is 18.9 Å². The zero-order valence-electron chi connectivity index (χ0n) is 26.3. The van der Waals surface area contributed by atoms with Crippen molar-refractivity contribution in [3.8, 4) is 17.2 Å². The van der Waals surface area contributed by atoms with Crippen LogP contribution in [0.2, 0.25) is 0 Å². The highest BCUT2D eigenvalue weighted by Crippen LogP contribution is 2.44. The minimum Gasteiger partial charge on any atom is -0.458 e. The van der Waals surface area contributed by atoms with E-state index in [2.05, 4.69) is 23.5 Å². The molecule has 3 aromatic carbocycles. The van der Waals surface area contributed by atoms with Crippen LogP contribution >= 0.6 is 0 Å². The van der Waals surface area contributed by atoms with Gasteiger partial charge in [-0.15, -0.1) is 0 Å². The van der Waals surface area contributed by atoms with Gasteiger partial charge in [0.25, 0.3) is 0 Å². The van der Waals surface area contributed by atoms with Gasteiger partial charge in [-0.3, -0.25) is 4.57 Å². The van der Waals surface area contributed by atoms with Gasteiger partial charge in [0.05, 0.1) is 17.1 Å². The van der Waals surface area contributed by atoms with Gasteiger partial charge in [0.15, 0.2) is 0 Å². The molecule has 0 bridgehead atoms.